The number of nitriles is 1. The molecule has 8 heteroatoms. The molecule has 7 nitrogen and oxygen atoms in total. The summed E-state index contributed by atoms with van der Waals surface area (Å²) in [5.41, 5.74) is 7.92. The van der Waals surface area contributed by atoms with E-state index in [2.05, 4.69) is 61.1 Å². The number of sulfone groups is 1. The zero-order chi connectivity index (χ0) is 31.4. The number of benzene rings is 2. The Balaban J connectivity index is 0.000000428. The summed E-state index contributed by atoms with van der Waals surface area (Å²) in [5, 5.41) is 12.2. The molecule has 0 unspecified atom stereocenters. The highest BCUT2D eigenvalue weighted by Crippen LogP contribution is 2.28. The van der Waals surface area contributed by atoms with Gasteiger partial charge < -0.3 is 5.32 Å². The topological polar surface area (TPSA) is 103 Å². The van der Waals surface area contributed by atoms with Gasteiger partial charge in [0.15, 0.2) is 9.84 Å². The van der Waals surface area contributed by atoms with Crippen molar-refractivity contribution >= 4 is 21.3 Å². The molecule has 1 fully saturated rings. The van der Waals surface area contributed by atoms with E-state index in [1.807, 2.05) is 30.3 Å². The number of amides is 1. The highest BCUT2D eigenvalue weighted by atomic mass is 32.2. The van der Waals surface area contributed by atoms with Crippen molar-refractivity contribution in [3.05, 3.63) is 100 Å². The van der Waals surface area contributed by atoms with Crippen LogP contribution in [0.15, 0.2) is 77.5 Å². The number of carbonyl (C=O) groups is 1. The molecule has 3 aromatic rings. The van der Waals surface area contributed by atoms with Crippen LogP contribution >= 0.6 is 0 Å². The number of aryl methyl sites for hydroxylation is 1. The SMILES string of the molecule is CCC/C(C)=C(\CC)c1cc(C(=O)NC2CCN(Cc3ccc(C#N)cc3)CC2)ccc1C.CS(=O)(=O)c1cccnc1. The molecule has 0 aliphatic carbocycles. The Kier molecular flexibility index (Phi) is 12.7. The van der Waals surface area contributed by atoms with Gasteiger partial charge in [-0.25, -0.2) is 8.42 Å². The van der Waals surface area contributed by atoms with Crippen LogP contribution < -0.4 is 5.32 Å². The zero-order valence-corrected chi connectivity index (χ0v) is 26.9. The first-order valence-electron chi connectivity index (χ1n) is 15.0. The van der Waals surface area contributed by atoms with Crippen LogP contribution in [-0.4, -0.2) is 49.6 Å². The van der Waals surface area contributed by atoms with Crippen molar-refractivity contribution in [1.29, 1.82) is 5.26 Å². The van der Waals surface area contributed by atoms with Crippen LogP contribution in [0.1, 0.15) is 85.5 Å². The number of pyridine rings is 1. The molecule has 43 heavy (non-hydrogen) atoms. The van der Waals surface area contributed by atoms with E-state index in [0.717, 1.165) is 63.6 Å². The predicted octanol–water partition coefficient (Wildman–Crippen LogP) is 6.73. The highest BCUT2D eigenvalue weighted by Gasteiger charge is 2.22. The van der Waals surface area contributed by atoms with Crippen molar-refractivity contribution in [2.45, 2.75) is 77.3 Å². The van der Waals surface area contributed by atoms with Crippen molar-refractivity contribution in [3.8, 4) is 6.07 Å². The number of aromatic nitrogens is 1. The zero-order valence-electron chi connectivity index (χ0n) is 26.1. The summed E-state index contributed by atoms with van der Waals surface area (Å²) in [4.78, 5) is 19.4. The number of hydrogen-bond acceptors (Lipinski definition) is 6. The maximum Gasteiger partial charge on any atom is 0.251 e. The normalized spacial score (nSPS) is 14.6. The van der Waals surface area contributed by atoms with Crippen LogP contribution in [-0.2, 0) is 16.4 Å². The summed E-state index contributed by atoms with van der Waals surface area (Å²) < 4.78 is 21.6. The fraction of sp³-hybridized carbons (Fsp3) is 0.400. The Hall–Kier alpha value is -3.80. The van der Waals surface area contributed by atoms with Crippen molar-refractivity contribution in [2.75, 3.05) is 19.3 Å². The van der Waals surface area contributed by atoms with Gasteiger partial charge in [0.2, 0.25) is 0 Å². The molecule has 0 spiro atoms. The molecular weight excluding hydrogens is 556 g/mol. The predicted molar refractivity (Wildman–Crippen MR) is 173 cm³/mol. The summed E-state index contributed by atoms with van der Waals surface area (Å²) in [7, 11) is -3.07. The van der Waals surface area contributed by atoms with Crippen molar-refractivity contribution in [2.24, 2.45) is 0 Å². The minimum Gasteiger partial charge on any atom is -0.349 e. The van der Waals surface area contributed by atoms with Gasteiger partial charge in [0, 0.05) is 49.9 Å². The smallest absolute Gasteiger partial charge is 0.251 e. The summed E-state index contributed by atoms with van der Waals surface area (Å²) in [6.07, 6.45) is 9.15. The van der Waals surface area contributed by atoms with E-state index in [-0.39, 0.29) is 16.8 Å². The fourth-order valence-electron chi connectivity index (χ4n) is 5.35. The number of likely N-dealkylation sites (tertiary alicyclic amines) is 1. The molecule has 1 N–H and O–H groups in total. The molecule has 0 saturated carbocycles. The van der Waals surface area contributed by atoms with E-state index in [1.54, 1.807) is 6.07 Å². The summed E-state index contributed by atoms with van der Waals surface area (Å²) in [5.74, 6) is 0.0328. The molecule has 1 aromatic heterocycles. The average Bonchev–Trinajstić information content (AvgIpc) is 3.00. The number of allylic oxidation sites excluding steroid dienone is 2. The summed E-state index contributed by atoms with van der Waals surface area (Å²) >= 11 is 0. The van der Waals surface area contributed by atoms with Crippen LogP contribution in [0.4, 0.5) is 0 Å². The van der Waals surface area contributed by atoms with Gasteiger partial charge in [0.05, 0.1) is 16.5 Å². The Morgan fingerprint density at radius 3 is 2.33 bits per heavy atom. The largest absolute Gasteiger partial charge is 0.349 e. The van der Waals surface area contributed by atoms with Crippen molar-refractivity contribution < 1.29 is 13.2 Å². The molecule has 1 saturated heterocycles. The summed E-state index contributed by atoms with van der Waals surface area (Å²) in [6, 6.07) is 19.4. The second-order valence-electron chi connectivity index (χ2n) is 11.2. The van der Waals surface area contributed by atoms with Crippen LogP contribution in [0.25, 0.3) is 5.57 Å². The molecule has 0 radical (unpaired) electrons. The lowest BCUT2D eigenvalue weighted by molar-refractivity contribution is 0.0909. The van der Waals surface area contributed by atoms with E-state index in [4.69, 9.17) is 5.26 Å². The number of nitrogens with one attached hydrogen (secondary N) is 1. The fourth-order valence-corrected chi connectivity index (χ4v) is 5.93. The lowest BCUT2D eigenvalue weighted by atomic mass is 9.91. The molecule has 4 rings (SSSR count). The third kappa shape index (κ3) is 10.2. The Morgan fingerprint density at radius 2 is 1.79 bits per heavy atom. The Morgan fingerprint density at radius 1 is 1.09 bits per heavy atom. The molecule has 2 aromatic carbocycles. The number of piperidine rings is 1. The molecule has 1 aliphatic rings. The lowest BCUT2D eigenvalue weighted by Gasteiger charge is -2.32. The average molecular weight is 601 g/mol. The first-order chi connectivity index (χ1) is 20.5. The third-order valence-electron chi connectivity index (χ3n) is 7.79. The van der Waals surface area contributed by atoms with Gasteiger partial charge >= 0.3 is 0 Å². The first-order valence-corrected chi connectivity index (χ1v) is 16.9. The van der Waals surface area contributed by atoms with E-state index in [9.17, 15) is 13.2 Å². The number of hydrogen-bond donors (Lipinski definition) is 1. The van der Waals surface area contributed by atoms with Crippen molar-refractivity contribution in [1.82, 2.24) is 15.2 Å². The monoisotopic (exact) mass is 600 g/mol. The van der Waals surface area contributed by atoms with Gasteiger partial charge in [-0.05, 0) is 98.2 Å². The Labute approximate surface area is 257 Å². The Bertz CT molecular complexity index is 1530. The molecule has 0 bridgehead atoms. The van der Waals surface area contributed by atoms with E-state index >= 15 is 0 Å². The third-order valence-corrected chi connectivity index (χ3v) is 8.89. The molecule has 1 amide bonds. The standard InChI is InChI=1S/C29H37N3O.C6H7NO2S/c1-5-7-21(3)27(6-2)28-18-25(13-8-22(28)4)29(33)31-26-14-16-32(17-15-26)20-24-11-9-23(19-30)10-12-24;1-10(8,9)6-3-2-4-7-5-6/h8-13,18,26H,5-7,14-17,20H2,1-4H3,(H,31,33);2-5H,1H3/b27-21+;. The number of nitrogens with zero attached hydrogens (tertiary/aromatic N) is 3. The van der Waals surface area contributed by atoms with E-state index in [1.165, 1.54) is 46.3 Å². The number of carbonyl (C=O) groups excluding carboxylic acids is 1. The summed E-state index contributed by atoms with van der Waals surface area (Å²) in [6.45, 7) is 11.6. The molecule has 228 valence electrons. The second-order valence-corrected chi connectivity index (χ2v) is 13.2. The van der Waals surface area contributed by atoms with Crippen LogP contribution in [0, 0.1) is 18.3 Å². The van der Waals surface area contributed by atoms with Gasteiger partial charge in [-0.15, -0.1) is 0 Å². The maximum absolute atomic E-state index is 13.0. The van der Waals surface area contributed by atoms with Crippen LogP contribution in [0.2, 0.25) is 0 Å². The van der Waals surface area contributed by atoms with Gasteiger partial charge in [-0.2, -0.15) is 5.26 Å². The van der Waals surface area contributed by atoms with Crippen LogP contribution in [0.3, 0.4) is 0 Å². The van der Waals surface area contributed by atoms with Crippen molar-refractivity contribution in [3.63, 3.8) is 0 Å². The van der Waals surface area contributed by atoms with E-state index in [0.29, 0.717) is 5.56 Å². The molecule has 1 aliphatic heterocycles. The first kappa shape index (κ1) is 33.7. The van der Waals surface area contributed by atoms with Gasteiger partial charge in [0.1, 0.15) is 0 Å². The molecular formula is C35H44N4O3S. The van der Waals surface area contributed by atoms with Gasteiger partial charge in [0.25, 0.3) is 5.91 Å². The maximum atomic E-state index is 13.0. The van der Waals surface area contributed by atoms with Gasteiger partial charge in [-0.1, -0.05) is 44.0 Å². The molecule has 2 heterocycles. The number of rotatable bonds is 9. The van der Waals surface area contributed by atoms with Gasteiger partial charge in [-0.3, -0.25) is 14.7 Å². The minimum atomic E-state index is -3.07. The minimum absolute atomic E-state index is 0.0328. The quantitative estimate of drug-likeness (QED) is 0.292. The molecule has 0 atom stereocenters. The van der Waals surface area contributed by atoms with E-state index < -0.39 is 9.84 Å². The highest BCUT2D eigenvalue weighted by molar-refractivity contribution is 7.90. The van der Waals surface area contributed by atoms with Crippen LogP contribution in [0.5, 0.6) is 0 Å². The lowest BCUT2D eigenvalue weighted by Crippen LogP contribution is -2.44. The second kappa shape index (κ2) is 16.2.